The highest BCUT2D eigenvalue weighted by atomic mass is 79.9. The molecule has 1 fully saturated rings. The first-order chi connectivity index (χ1) is 22.3. The Hall–Kier alpha value is -4.61. The Morgan fingerprint density at radius 3 is 2.13 bits per heavy atom. The van der Waals surface area contributed by atoms with E-state index in [1.165, 1.54) is 6.08 Å². The zero-order chi connectivity index (χ0) is 32.6. The van der Waals surface area contributed by atoms with Crippen LogP contribution in [0.2, 0.25) is 0 Å². The third-order valence-electron chi connectivity index (χ3n) is 6.76. The standard InChI is InChI=1S/C35H30Br2N2O7/c1-3-43-30-18-23(10-15-29(30)45-20-22-8-6-5-7-9-22)21-46-32-28(37)17-24(19-31(32)44-4-2)16-27-33(40)38-35(42)39(34(27)41)26-13-11-25(36)12-14-26/h5-19H,3-4,20-21H2,1-2H3,(H,38,40,42)/b27-16+. The molecule has 1 N–H and O–H groups in total. The van der Waals surface area contributed by atoms with Gasteiger partial charge in [0.15, 0.2) is 23.0 Å². The predicted molar refractivity (Wildman–Crippen MR) is 181 cm³/mol. The molecule has 236 valence electrons. The third-order valence-corrected chi connectivity index (χ3v) is 7.88. The van der Waals surface area contributed by atoms with Crippen LogP contribution >= 0.6 is 31.9 Å². The summed E-state index contributed by atoms with van der Waals surface area (Å²) in [5, 5.41) is 2.24. The van der Waals surface area contributed by atoms with Gasteiger partial charge in [-0.15, -0.1) is 0 Å². The van der Waals surface area contributed by atoms with Gasteiger partial charge < -0.3 is 18.9 Å². The average Bonchev–Trinajstić information content (AvgIpc) is 3.04. The number of hydrogen-bond acceptors (Lipinski definition) is 7. The summed E-state index contributed by atoms with van der Waals surface area (Å²) < 4.78 is 25.3. The monoisotopic (exact) mass is 748 g/mol. The highest BCUT2D eigenvalue weighted by Crippen LogP contribution is 2.39. The molecule has 46 heavy (non-hydrogen) atoms. The molecule has 4 aromatic carbocycles. The third kappa shape index (κ3) is 7.78. The number of carbonyl (C=O) groups is 3. The topological polar surface area (TPSA) is 103 Å². The number of barbiturate groups is 1. The summed E-state index contributed by atoms with van der Waals surface area (Å²) >= 11 is 6.90. The maximum Gasteiger partial charge on any atom is 0.335 e. The molecule has 1 saturated heterocycles. The number of ether oxygens (including phenoxy) is 4. The van der Waals surface area contributed by atoms with E-state index in [1.54, 1.807) is 36.4 Å². The van der Waals surface area contributed by atoms with E-state index in [0.29, 0.717) is 58.5 Å². The van der Waals surface area contributed by atoms with Crippen molar-refractivity contribution in [2.24, 2.45) is 0 Å². The molecular weight excluding hydrogens is 720 g/mol. The molecule has 1 aliphatic rings. The van der Waals surface area contributed by atoms with Crippen LogP contribution in [0.3, 0.4) is 0 Å². The highest BCUT2D eigenvalue weighted by Gasteiger charge is 2.37. The van der Waals surface area contributed by atoms with Crippen LogP contribution in [0.15, 0.2) is 99.4 Å². The van der Waals surface area contributed by atoms with Gasteiger partial charge in [-0.05, 0) is 101 Å². The van der Waals surface area contributed by atoms with Crippen molar-refractivity contribution in [1.29, 1.82) is 0 Å². The summed E-state index contributed by atoms with van der Waals surface area (Å²) in [5.74, 6) is 0.547. The van der Waals surface area contributed by atoms with E-state index in [0.717, 1.165) is 20.5 Å². The van der Waals surface area contributed by atoms with Gasteiger partial charge in [-0.1, -0.05) is 52.3 Å². The number of anilines is 1. The van der Waals surface area contributed by atoms with Gasteiger partial charge in [-0.25, -0.2) is 9.69 Å². The maximum absolute atomic E-state index is 13.3. The van der Waals surface area contributed by atoms with Gasteiger partial charge >= 0.3 is 6.03 Å². The minimum atomic E-state index is -0.822. The molecule has 0 bridgehead atoms. The molecule has 5 rings (SSSR count). The van der Waals surface area contributed by atoms with E-state index >= 15 is 0 Å². The van der Waals surface area contributed by atoms with Gasteiger partial charge in [0.1, 0.15) is 18.8 Å². The molecule has 9 nitrogen and oxygen atoms in total. The van der Waals surface area contributed by atoms with Gasteiger partial charge in [-0.3, -0.25) is 14.9 Å². The summed E-state index contributed by atoms with van der Waals surface area (Å²) in [5.41, 5.74) is 2.51. The molecule has 0 spiro atoms. The van der Waals surface area contributed by atoms with E-state index in [9.17, 15) is 14.4 Å². The van der Waals surface area contributed by atoms with Gasteiger partial charge in [-0.2, -0.15) is 0 Å². The first-order valence-corrected chi connectivity index (χ1v) is 16.0. The molecule has 0 saturated carbocycles. The second-order valence-corrected chi connectivity index (χ2v) is 11.7. The largest absolute Gasteiger partial charge is 0.490 e. The fourth-order valence-electron chi connectivity index (χ4n) is 4.64. The van der Waals surface area contributed by atoms with Crippen LogP contribution in [-0.4, -0.2) is 31.1 Å². The first kappa shape index (κ1) is 32.8. The van der Waals surface area contributed by atoms with Crippen LogP contribution in [-0.2, 0) is 22.8 Å². The number of carbonyl (C=O) groups excluding carboxylic acids is 3. The Bertz CT molecular complexity index is 1780. The Morgan fingerprint density at radius 2 is 1.41 bits per heavy atom. The quantitative estimate of drug-likeness (QED) is 0.116. The van der Waals surface area contributed by atoms with Crippen LogP contribution in [0.4, 0.5) is 10.5 Å². The highest BCUT2D eigenvalue weighted by molar-refractivity contribution is 9.10. The molecule has 0 atom stereocenters. The minimum Gasteiger partial charge on any atom is -0.490 e. The summed E-state index contributed by atoms with van der Waals surface area (Å²) in [6, 6.07) is 24.7. The molecule has 0 aliphatic carbocycles. The second-order valence-electron chi connectivity index (χ2n) is 9.97. The van der Waals surface area contributed by atoms with Gasteiger partial charge in [0, 0.05) is 4.47 Å². The molecular formula is C35H30Br2N2O7. The van der Waals surface area contributed by atoms with Crippen molar-refractivity contribution in [1.82, 2.24) is 5.32 Å². The number of nitrogens with one attached hydrogen (secondary N) is 1. The van der Waals surface area contributed by atoms with Crippen molar-refractivity contribution >= 4 is 61.5 Å². The first-order valence-electron chi connectivity index (χ1n) is 14.5. The van der Waals surface area contributed by atoms with E-state index < -0.39 is 17.8 Å². The van der Waals surface area contributed by atoms with Crippen LogP contribution in [0.1, 0.15) is 30.5 Å². The van der Waals surface area contributed by atoms with Crippen LogP contribution in [0, 0.1) is 0 Å². The fraction of sp³-hybridized carbons (Fsp3) is 0.171. The number of urea groups is 1. The molecule has 1 heterocycles. The fourth-order valence-corrected chi connectivity index (χ4v) is 5.48. The summed E-state index contributed by atoms with van der Waals surface area (Å²) in [6.45, 7) is 5.17. The lowest BCUT2D eigenvalue weighted by atomic mass is 10.1. The molecule has 0 unspecified atom stereocenters. The molecule has 4 amide bonds. The molecule has 0 aromatic heterocycles. The summed E-state index contributed by atoms with van der Waals surface area (Å²) in [6.07, 6.45) is 1.41. The lowest BCUT2D eigenvalue weighted by molar-refractivity contribution is -0.122. The van der Waals surface area contributed by atoms with Crippen molar-refractivity contribution < 1.29 is 33.3 Å². The van der Waals surface area contributed by atoms with Crippen LogP contribution in [0.5, 0.6) is 23.0 Å². The van der Waals surface area contributed by atoms with Crippen molar-refractivity contribution in [3.63, 3.8) is 0 Å². The van der Waals surface area contributed by atoms with Crippen molar-refractivity contribution in [3.05, 3.63) is 116 Å². The Balaban J connectivity index is 1.36. The number of imide groups is 2. The molecule has 11 heteroatoms. The Morgan fingerprint density at radius 1 is 0.717 bits per heavy atom. The van der Waals surface area contributed by atoms with E-state index in [-0.39, 0.29) is 12.2 Å². The Kier molecular flexibility index (Phi) is 10.8. The van der Waals surface area contributed by atoms with Gasteiger partial charge in [0.25, 0.3) is 11.8 Å². The average molecular weight is 750 g/mol. The number of rotatable bonds is 12. The molecule has 0 radical (unpaired) electrons. The van der Waals surface area contributed by atoms with Crippen LogP contribution < -0.4 is 29.2 Å². The lowest BCUT2D eigenvalue weighted by Gasteiger charge is -2.26. The SMILES string of the molecule is CCOc1cc(COc2c(Br)cc(/C=C3\C(=O)NC(=O)N(c4ccc(Br)cc4)C3=O)cc2OCC)ccc1OCc1ccccc1. The summed E-state index contributed by atoms with van der Waals surface area (Å²) in [4.78, 5) is 39.6. The van der Waals surface area contributed by atoms with Crippen molar-refractivity contribution in [2.75, 3.05) is 18.1 Å². The number of nitrogens with zero attached hydrogens (tertiary/aromatic N) is 1. The van der Waals surface area contributed by atoms with Gasteiger partial charge in [0.2, 0.25) is 0 Å². The lowest BCUT2D eigenvalue weighted by Crippen LogP contribution is -2.54. The zero-order valence-electron chi connectivity index (χ0n) is 25.0. The number of halogens is 2. The van der Waals surface area contributed by atoms with E-state index in [1.807, 2.05) is 62.4 Å². The second kappa shape index (κ2) is 15.1. The zero-order valence-corrected chi connectivity index (χ0v) is 28.2. The number of amides is 4. The Labute approximate surface area is 283 Å². The van der Waals surface area contributed by atoms with Crippen LogP contribution in [0.25, 0.3) is 6.08 Å². The van der Waals surface area contributed by atoms with E-state index in [2.05, 4.69) is 37.2 Å². The predicted octanol–water partition coefficient (Wildman–Crippen LogP) is 7.83. The number of hydrogen-bond donors (Lipinski definition) is 1. The van der Waals surface area contributed by atoms with Crippen molar-refractivity contribution in [2.45, 2.75) is 27.1 Å². The normalized spacial score (nSPS) is 13.9. The number of benzene rings is 4. The molecule has 1 aliphatic heterocycles. The van der Waals surface area contributed by atoms with Gasteiger partial charge in [0.05, 0.1) is 23.4 Å². The smallest absolute Gasteiger partial charge is 0.335 e. The summed E-state index contributed by atoms with van der Waals surface area (Å²) in [7, 11) is 0. The maximum atomic E-state index is 13.3. The minimum absolute atomic E-state index is 0.198. The van der Waals surface area contributed by atoms with Crippen molar-refractivity contribution in [3.8, 4) is 23.0 Å². The van der Waals surface area contributed by atoms with E-state index in [4.69, 9.17) is 18.9 Å². The molecule has 4 aromatic rings.